The lowest BCUT2D eigenvalue weighted by molar-refractivity contribution is -0.274. The van der Waals surface area contributed by atoms with E-state index in [0.717, 1.165) is 17.2 Å². The number of aryl methyl sites for hydroxylation is 1. The molecule has 1 saturated heterocycles. The normalized spacial score (nSPS) is 16.3. The molecule has 1 aliphatic heterocycles. The standard InChI is InChI=1S/C26H27F3N6O4/c1-16(34-7-9-38-10-8-34)24(36)32-22-12-19(4-6-23(22)39-26(27,28)29)35-15-30-21-11-17(3-5-20(21)25(35)37)18-13-31-33(2)14-18/h3-6,11-16,24,32,36H,7-10H2,1-2H3. The zero-order chi connectivity index (χ0) is 27.7. The molecule has 2 unspecified atom stereocenters. The van der Waals surface area contributed by atoms with Gasteiger partial charge in [0.25, 0.3) is 5.56 Å². The molecule has 3 heterocycles. The number of alkyl halides is 3. The van der Waals surface area contributed by atoms with E-state index in [1.165, 1.54) is 23.0 Å². The van der Waals surface area contributed by atoms with E-state index < -0.39 is 29.9 Å². The molecule has 2 aromatic carbocycles. The van der Waals surface area contributed by atoms with Crippen LogP contribution in [0.1, 0.15) is 6.92 Å². The van der Waals surface area contributed by atoms with Gasteiger partial charge in [-0.3, -0.25) is 18.9 Å². The van der Waals surface area contributed by atoms with Gasteiger partial charge >= 0.3 is 6.36 Å². The fourth-order valence-electron chi connectivity index (χ4n) is 4.51. The number of rotatable bonds is 7. The van der Waals surface area contributed by atoms with Crippen LogP contribution in [0.4, 0.5) is 18.9 Å². The summed E-state index contributed by atoms with van der Waals surface area (Å²) in [7, 11) is 1.80. The second-order valence-electron chi connectivity index (χ2n) is 9.26. The molecule has 1 fully saturated rings. The number of morpholine rings is 1. The van der Waals surface area contributed by atoms with E-state index in [1.807, 2.05) is 11.1 Å². The van der Waals surface area contributed by atoms with E-state index in [2.05, 4.69) is 20.1 Å². The number of ether oxygens (including phenoxy) is 2. The SMILES string of the molecule is CC(C(O)Nc1cc(-n2cnc3cc(-c4cnn(C)c4)ccc3c2=O)ccc1OC(F)(F)F)N1CCOCC1. The van der Waals surface area contributed by atoms with Crippen molar-refractivity contribution < 1.29 is 27.8 Å². The van der Waals surface area contributed by atoms with Gasteiger partial charge in [0.15, 0.2) is 5.75 Å². The molecule has 0 radical (unpaired) electrons. The maximum Gasteiger partial charge on any atom is 0.573 e. The van der Waals surface area contributed by atoms with Crippen LogP contribution in [0.3, 0.4) is 0 Å². The summed E-state index contributed by atoms with van der Waals surface area (Å²) < 4.78 is 51.8. The molecular weight excluding hydrogens is 517 g/mol. The van der Waals surface area contributed by atoms with E-state index in [4.69, 9.17) is 4.74 Å². The molecule has 4 aromatic rings. The Morgan fingerprint density at radius 2 is 1.90 bits per heavy atom. The van der Waals surface area contributed by atoms with Gasteiger partial charge in [-0.1, -0.05) is 6.07 Å². The van der Waals surface area contributed by atoms with E-state index in [9.17, 15) is 23.1 Å². The number of anilines is 1. The molecule has 2 N–H and O–H groups in total. The summed E-state index contributed by atoms with van der Waals surface area (Å²) in [5, 5.41) is 18.0. The summed E-state index contributed by atoms with van der Waals surface area (Å²) in [4.78, 5) is 19.7. The third-order valence-electron chi connectivity index (χ3n) is 6.65. The first-order valence-electron chi connectivity index (χ1n) is 12.3. The molecule has 10 nitrogen and oxygen atoms in total. The third-order valence-corrected chi connectivity index (χ3v) is 6.65. The lowest BCUT2D eigenvalue weighted by atomic mass is 10.1. The number of nitrogens with zero attached hydrogens (tertiary/aromatic N) is 5. The Balaban J connectivity index is 1.48. The van der Waals surface area contributed by atoms with Gasteiger partial charge in [0, 0.05) is 31.9 Å². The highest BCUT2D eigenvalue weighted by Crippen LogP contribution is 2.33. The van der Waals surface area contributed by atoms with Gasteiger partial charge in [-0.15, -0.1) is 13.2 Å². The van der Waals surface area contributed by atoms with Crippen molar-refractivity contribution in [1.29, 1.82) is 0 Å². The summed E-state index contributed by atoms with van der Waals surface area (Å²) in [5.74, 6) is -0.539. The van der Waals surface area contributed by atoms with Crippen LogP contribution in [0.25, 0.3) is 27.7 Å². The average molecular weight is 545 g/mol. The molecule has 0 spiro atoms. The van der Waals surface area contributed by atoms with Crippen LogP contribution in [0.5, 0.6) is 5.75 Å². The highest BCUT2D eigenvalue weighted by atomic mass is 19.4. The van der Waals surface area contributed by atoms with Gasteiger partial charge in [0.1, 0.15) is 12.6 Å². The van der Waals surface area contributed by atoms with E-state index in [0.29, 0.717) is 37.2 Å². The summed E-state index contributed by atoms with van der Waals surface area (Å²) in [6.45, 7) is 3.90. The summed E-state index contributed by atoms with van der Waals surface area (Å²) in [6, 6.07) is 8.50. The predicted molar refractivity (Wildman–Crippen MR) is 138 cm³/mol. The molecule has 13 heteroatoms. The molecule has 39 heavy (non-hydrogen) atoms. The minimum absolute atomic E-state index is 0.128. The van der Waals surface area contributed by atoms with E-state index in [1.54, 1.807) is 43.0 Å². The summed E-state index contributed by atoms with van der Waals surface area (Å²) in [5.41, 5.74) is 1.87. The fraction of sp³-hybridized carbons (Fsp3) is 0.346. The number of aliphatic hydroxyl groups is 1. The number of aromatic nitrogens is 4. The molecule has 0 aliphatic carbocycles. The van der Waals surface area contributed by atoms with Crippen LogP contribution in [-0.2, 0) is 11.8 Å². The largest absolute Gasteiger partial charge is 0.573 e. The van der Waals surface area contributed by atoms with Gasteiger partial charge in [-0.2, -0.15) is 5.10 Å². The molecule has 206 valence electrons. The minimum Gasteiger partial charge on any atom is -0.404 e. The lowest BCUT2D eigenvalue weighted by Crippen LogP contribution is -2.49. The second-order valence-corrected chi connectivity index (χ2v) is 9.26. The van der Waals surface area contributed by atoms with Gasteiger partial charge < -0.3 is 19.9 Å². The quantitative estimate of drug-likeness (QED) is 0.342. The minimum atomic E-state index is -4.95. The average Bonchev–Trinajstić information content (AvgIpc) is 3.35. The molecule has 0 amide bonds. The van der Waals surface area contributed by atoms with Crippen LogP contribution in [0, 0.1) is 0 Å². The summed E-state index contributed by atoms with van der Waals surface area (Å²) in [6.07, 6.45) is -1.32. The topological polar surface area (TPSA) is 107 Å². The summed E-state index contributed by atoms with van der Waals surface area (Å²) >= 11 is 0. The van der Waals surface area contributed by atoms with Crippen LogP contribution < -0.4 is 15.6 Å². The first kappa shape index (κ1) is 26.7. The van der Waals surface area contributed by atoms with Gasteiger partial charge in [0.2, 0.25) is 0 Å². The maximum absolute atomic E-state index is 13.3. The van der Waals surface area contributed by atoms with Gasteiger partial charge in [-0.05, 0) is 42.8 Å². The van der Waals surface area contributed by atoms with Crippen molar-refractivity contribution >= 4 is 16.6 Å². The van der Waals surface area contributed by atoms with Gasteiger partial charge in [0.05, 0.1) is 47.7 Å². The van der Waals surface area contributed by atoms with Crippen molar-refractivity contribution in [2.45, 2.75) is 25.6 Å². The second kappa shape index (κ2) is 10.7. The molecule has 5 rings (SSSR count). The Labute approximate surface area is 221 Å². The molecular formula is C26H27F3N6O4. The number of hydrogen-bond donors (Lipinski definition) is 2. The van der Waals surface area contributed by atoms with Crippen molar-refractivity contribution in [3.8, 4) is 22.6 Å². The number of nitrogens with one attached hydrogen (secondary N) is 1. The first-order valence-corrected chi connectivity index (χ1v) is 12.3. The molecule has 0 saturated carbocycles. The number of fused-ring (bicyclic) bond motifs is 1. The van der Waals surface area contributed by atoms with Crippen LogP contribution in [-0.4, -0.2) is 74.3 Å². The van der Waals surface area contributed by atoms with Crippen molar-refractivity contribution in [3.05, 3.63) is 65.5 Å². The number of hydrogen-bond acceptors (Lipinski definition) is 8. The fourth-order valence-corrected chi connectivity index (χ4v) is 4.51. The van der Waals surface area contributed by atoms with E-state index in [-0.39, 0.29) is 11.4 Å². The van der Waals surface area contributed by atoms with Crippen LogP contribution in [0.2, 0.25) is 0 Å². The molecule has 2 aromatic heterocycles. The monoisotopic (exact) mass is 544 g/mol. The van der Waals surface area contributed by atoms with Gasteiger partial charge in [-0.25, -0.2) is 4.98 Å². The predicted octanol–water partition coefficient (Wildman–Crippen LogP) is 3.14. The number of benzene rings is 2. The highest BCUT2D eigenvalue weighted by Gasteiger charge is 2.33. The number of halogens is 3. The van der Waals surface area contributed by atoms with Crippen molar-refractivity contribution in [1.82, 2.24) is 24.2 Å². The van der Waals surface area contributed by atoms with E-state index >= 15 is 0 Å². The zero-order valence-corrected chi connectivity index (χ0v) is 21.2. The maximum atomic E-state index is 13.3. The highest BCUT2D eigenvalue weighted by molar-refractivity contribution is 5.83. The van der Waals surface area contributed by atoms with Crippen molar-refractivity contribution in [3.63, 3.8) is 0 Å². The third kappa shape index (κ3) is 5.90. The molecule has 1 aliphatic rings. The Bertz CT molecular complexity index is 1530. The lowest BCUT2D eigenvalue weighted by Gasteiger charge is -2.35. The Morgan fingerprint density at radius 1 is 1.13 bits per heavy atom. The first-order chi connectivity index (χ1) is 18.6. The Hall–Kier alpha value is -3.94. The number of aliphatic hydroxyl groups excluding tert-OH is 1. The van der Waals surface area contributed by atoms with Crippen molar-refractivity contribution in [2.75, 3.05) is 31.6 Å². The van der Waals surface area contributed by atoms with Crippen LogP contribution in [0.15, 0.2) is 59.9 Å². The molecule has 0 bridgehead atoms. The Morgan fingerprint density at radius 3 is 2.59 bits per heavy atom. The molecule has 2 atom stereocenters. The smallest absolute Gasteiger partial charge is 0.404 e. The van der Waals surface area contributed by atoms with Crippen molar-refractivity contribution in [2.24, 2.45) is 7.05 Å². The Kier molecular flexibility index (Phi) is 7.30. The zero-order valence-electron chi connectivity index (χ0n) is 21.2. The van der Waals surface area contributed by atoms with Crippen LogP contribution >= 0.6 is 0 Å².